The minimum absolute atomic E-state index is 0.126. The maximum atomic E-state index is 10.8. The molecule has 0 spiro atoms. The maximum Gasteiger partial charge on any atom is 0.135 e. The summed E-state index contributed by atoms with van der Waals surface area (Å²) in [6.45, 7) is 0. The highest BCUT2D eigenvalue weighted by atomic mass is 35.5. The highest BCUT2D eigenvalue weighted by Crippen LogP contribution is 2.45. The van der Waals surface area contributed by atoms with Crippen LogP contribution in [0.5, 0.6) is 17.2 Å². The minimum atomic E-state index is 0.126. The Balaban J connectivity index is 2.36. The Morgan fingerprint density at radius 2 is 1.50 bits per heavy atom. The predicted molar refractivity (Wildman–Crippen MR) is 89.2 cm³/mol. The van der Waals surface area contributed by atoms with Gasteiger partial charge in [0.25, 0.3) is 0 Å². The van der Waals surface area contributed by atoms with Gasteiger partial charge in [0, 0.05) is 21.5 Å². The van der Waals surface area contributed by atoms with Crippen LogP contribution >= 0.6 is 11.6 Å². The fourth-order valence-electron chi connectivity index (χ4n) is 2.62. The molecule has 0 aromatic heterocycles. The fourth-order valence-corrected chi connectivity index (χ4v) is 2.85. The van der Waals surface area contributed by atoms with E-state index in [-0.39, 0.29) is 5.75 Å². The van der Waals surface area contributed by atoms with Gasteiger partial charge in [0.05, 0.1) is 19.6 Å². The summed E-state index contributed by atoms with van der Waals surface area (Å²) in [5.74, 6) is 1.39. The molecule has 4 heteroatoms. The van der Waals surface area contributed by atoms with Crippen molar-refractivity contribution in [1.82, 2.24) is 0 Å². The Kier molecular flexibility index (Phi) is 3.82. The van der Waals surface area contributed by atoms with E-state index in [4.69, 9.17) is 21.1 Å². The van der Waals surface area contributed by atoms with Crippen LogP contribution in [0.4, 0.5) is 0 Å². The van der Waals surface area contributed by atoms with Crippen molar-refractivity contribution in [1.29, 1.82) is 0 Å². The Bertz CT molecular complexity index is 843. The van der Waals surface area contributed by atoms with Crippen LogP contribution in [0.3, 0.4) is 0 Å². The van der Waals surface area contributed by atoms with Gasteiger partial charge in [0.2, 0.25) is 0 Å². The average molecular weight is 315 g/mol. The van der Waals surface area contributed by atoms with Crippen LogP contribution in [0.1, 0.15) is 0 Å². The molecule has 0 fully saturated rings. The SMILES string of the molecule is COc1ccc(OC)c2c(O)c(-c3ccccc3Cl)ccc12. The second-order valence-electron chi connectivity index (χ2n) is 4.83. The van der Waals surface area contributed by atoms with Gasteiger partial charge >= 0.3 is 0 Å². The van der Waals surface area contributed by atoms with E-state index in [0.717, 1.165) is 10.9 Å². The van der Waals surface area contributed by atoms with E-state index in [1.54, 1.807) is 26.4 Å². The molecule has 3 rings (SSSR count). The number of phenolic OH excluding ortho intramolecular Hbond substituents is 1. The highest BCUT2D eigenvalue weighted by Gasteiger charge is 2.16. The van der Waals surface area contributed by atoms with Crippen LogP contribution in [0.15, 0.2) is 48.5 Å². The Hall–Kier alpha value is -2.39. The molecule has 0 aliphatic carbocycles. The lowest BCUT2D eigenvalue weighted by Crippen LogP contribution is -1.91. The maximum absolute atomic E-state index is 10.8. The van der Waals surface area contributed by atoms with E-state index in [0.29, 0.717) is 27.5 Å². The zero-order valence-corrected chi connectivity index (χ0v) is 13.0. The number of aromatic hydroxyl groups is 1. The van der Waals surface area contributed by atoms with E-state index in [1.165, 1.54) is 0 Å². The lowest BCUT2D eigenvalue weighted by molar-refractivity contribution is 0.408. The summed E-state index contributed by atoms with van der Waals surface area (Å²) in [5, 5.41) is 12.7. The lowest BCUT2D eigenvalue weighted by atomic mass is 9.98. The fraction of sp³-hybridized carbons (Fsp3) is 0.111. The molecule has 3 aromatic carbocycles. The summed E-state index contributed by atoms with van der Waals surface area (Å²) in [6, 6.07) is 14.7. The molecular weight excluding hydrogens is 300 g/mol. The quantitative estimate of drug-likeness (QED) is 0.748. The number of phenols is 1. The molecule has 0 atom stereocenters. The molecule has 0 saturated carbocycles. The number of halogens is 1. The lowest BCUT2D eigenvalue weighted by Gasteiger charge is -2.14. The third-order valence-corrected chi connectivity index (χ3v) is 4.01. The molecular formula is C18H15ClO3. The first-order valence-corrected chi connectivity index (χ1v) is 7.16. The van der Waals surface area contributed by atoms with Crippen LogP contribution in [0.25, 0.3) is 21.9 Å². The van der Waals surface area contributed by atoms with Crippen molar-refractivity contribution in [2.45, 2.75) is 0 Å². The number of fused-ring (bicyclic) bond motifs is 1. The summed E-state index contributed by atoms with van der Waals surface area (Å²) >= 11 is 6.25. The summed E-state index contributed by atoms with van der Waals surface area (Å²) < 4.78 is 10.7. The third kappa shape index (κ3) is 2.24. The van der Waals surface area contributed by atoms with Crippen LogP contribution in [-0.2, 0) is 0 Å². The van der Waals surface area contributed by atoms with Crippen molar-refractivity contribution >= 4 is 22.4 Å². The van der Waals surface area contributed by atoms with Gasteiger partial charge < -0.3 is 14.6 Å². The van der Waals surface area contributed by atoms with Gasteiger partial charge in [-0.25, -0.2) is 0 Å². The average Bonchev–Trinajstić information content (AvgIpc) is 2.55. The van der Waals surface area contributed by atoms with Crippen molar-refractivity contribution in [3.8, 4) is 28.4 Å². The summed E-state index contributed by atoms with van der Waals surface area (Å²) in [4.78, 5) is 0. The second kappa shape index (κ2) is 5.78. The molecule has 0 amide bonds. The van der Waals surface area contributed by atoms with Crippen molar-refractivity contribution in [2.75, 3.05) is 14.2 Å². The van der Waals surface area contributed by atoms with Gasteiger partial charge in [-0.05, 0) is 30.3 Å². The summed E-state index contributed by atoms with van der Waals surface area (Å²) in [5.41, 5.74) is 1.43. The van der Waals surface area contributed by atoms with Gasteiger partial charge in [-0.15, -0.1) is 0 Å². The van der Waals surface area contributed by atoms with Gasteiger partial charge in [-0.1, -0.05) is 29.8 Å². The van der Waals surface area contributed by atoms with Gasteiger partial charge in [0.1, 0.15) is 17.2 Å². The number of benzene rings is 3. The summed E-state index contributed by atoms with van der Waals surface area (Å²) in [7, 11) is 3.17. The molecule has 0 aliphatic rings. The van der Waals surface area contributed by atoms with E-state index >= 15 is 0 Å². The number of rotatable bonds is 3. The number of hydrogen-bond acceptors (Lipinski definition) is 3. The van der Waals surface area contributed by atoms with Crippen molar-refractivity contribution < 1.29 is 14.6 Å². The molecule has 0 heterocycles. The molecule has 0 saturated heterocycles. The van der Waals surface area contributed by atoms with Crippen molar-refractivity contribution in [3.63, 3.8) is 0 Å². The van der Waals surface area contributed by atoms with Gasteiger partial charge in [-0.2, -0.15) is 0 Å². The molecule has 1 N–H and O–H groups in total. The van der Waals surface area contributed by atoms with Crippen LogP contribution in [-0.4, -0.2) is 19.3 Å². The van der Waals surface area contributed by atoms with Crippen molar-refractivity contribution in [3.05, 3.63) is 53.6 Å². The van der Waals surface area contributed by atoms with Crippen LogP contribution in [0.2, 0.25) is 5.02 Å². The van der Waals surface area contributed by atoms with E-state index in [2.05, 4.69) is 0 Å². The summed E-state index contributed by atoms with van der Waals surface area (Å²) in [6.07, 6.45) is 0. The predicted octanol–water partition coefficient (Wildman–Crippen LogP) is 4.88. The zero-order valence-electron chi connectivity index (χ0n) is 12.3. The first-order chi connectivity index (χ1) is 10.7. The Labute approximate surface area is 133 Å². The molecule has 0 radical (unpaired) electrons. The second-order valence-corrected chi connectivity index (χ2v) is 5.24. The zero-order chi connectivity index (χ0) is 15.7. The van der Waals surface area contributed by atoms with E-state index < -0.39 is 0 Å². The number of methoxy groups -OCH3 is 2. The van der Waals surface area contributed by atoms with Crippen LogP contribution in [0, 0.1) is 0 Å². The molecule has 3 nitrogen and oxygen atoms in total. The first-order valence-electron chi connectivity index (χ1n) is 6.79. The molecule has 0 bridgehead atoms. The Morgan fingerprint density at radius 1 is 0.818 bits per heavy atom. The largest absolute Gasteiger partial charge is 0.507 e. The minimum Gasteiger partial charge on any atom is -0.507 e. The highest BCUT2D eigenvalue weighted by molar-refractivity contribution is 6.33. The molecule has 0 aliphatic heterocycles. The Morgan fingerprint density at radius 3 is 2.18 bits per heavy atom. The number of ether oxygens (including phenoxy) is 2. The molecule has 0 unspecified atom stereocenters. The van der Waals surface area contributed by atoms with Crippen molar-refractivity contribution in [2.24, 2.45) is 0 Å². The van der Waals surface area contributed by atoms with Gasteiger partial charge in [0.15, 0.2) is 0 Å². The molecule has 112 valence electrons. The smallest absolute Gasteiger partial charge is 0.135 e. The van der Waals surface area contributed by atoms with E-state index in [1.807, 2.05) is 36.4 Å². The molecule has 22 heavy (non-hydrogen) atoms. The van der Waals surface area contributed by atoms with Gasteiger partial charge in [-0.3, -0.25) is 0 Å². The third-order valence-electron chi connectivity index (χ3n) is 3.68. The topological polar surface area (TPSA) is 38.7 Å². The first kappa shape index (κ1) is 14.5. The normalized spacial score (nSPS) is 10.7. The van der Waals surface area contributed by atoms with E-state index in [9.17, 15) is 5.11 Å². The van der Waals surface area contributed by atoms with Crippen LogP contribution < -0.4 is 9.47 Å². The monoisotopic (exact) mass is 314 g/mol. The number of hydrogen-bond donors (Lipinski definition) is 1. The molecule has 3 aromatic rings. The standard InChI is InChI=1S/C18H15ClO3/c1-21-15-9-10-16(22-2)17-13(15)8-7-12(18(17)20)11-5-3-4-6-14(11)19/h3-10,20H,1-2H3.